The van der Waals surface area contributed by atoms with Crippen molar-refractivity contribution in [1.29, 1.82) is 0 Å². The van der Waals surface area contributed by atoms with Crippen LogP contribution in [-0.2, 0) is 0 Å². The van der Waals surface area contributed by atoms with Gasteiger partial charge in [0.15, 0.2) is 23.0 Å². The van der Waals surface area contributed by atoms with Gasteiger partial charge in [0, 0.05) is 11.6 Å². The molecule has 0 unspecified atom stereocenters. The van der Waals surface area contributed by atoms with Crippen molar-refractivity contribution in [2.75, 3.05) is 28.1 Å². The van der Waals surface area contributed by atoms with E-state index < -0.39 is 0 Å². The molecule has 0 radical (unpaired) electrons. The van der Waals surface area contributed by atoms with Crippen LogP contribution in [0.3, 0.4) is 0 Å². The number of hydrogen-bond acceptors (Lipinski definition) is 8. The highest BCUT2D eigenvalue weighted by atomic mass is 16.7. The molecule has 27 heavy (non-hydrogen) atoms. The Labute approximate surface area is 153 Å². The van der Waals surface area contributed by atoms with Crippen LogP contribution < -0.4 is 29.1 Å². The van der Waals surface area contributed by atoms with Crippen LogP contribution in [0.4, 0.5) is 0 Å². The summed E-state index contributed by atoms with van der Waals surface area (Å²) in [6, 6.07) is 4.38. The van der Waals surface area contributed by atoms with Crippen LogP contribution in [0, 0.1) is 0 Å². The molecule has 1 aliphatic rings. The Kier molecular flexibility index (Phi) is 3.95. The largest absolute Gasteiger partial charge is 0.504 e. The quantitative estimate of drug-likeness (QED) is 0.747. The van der Waals surface area contributed by atoms with E-state index in [1.54, 1.807) is 6.07 Å². The van der Waals surface area contributed by atoms with E-state index >= 15 is 0 Å². The van der Waals surface area contributed by atoms with Crippen LogP contribution in [0.2, 0.25) is 0 Å². The first-order valence-corrected chi connectivity index (χ1v) is 7.96. The Morgan fingerprint density at radius 2 is 1.67 bits per heavy atom. The van der Waals surface area contributed by atoms with Gasteiger partial charge in [-0.25, -0.2) is 0 Å². The molecule has 140 valence electrons. The van der Waals surface area contributed by atoms with Gasteiger partial charge in [-0.05, 0) is 12.1 Å². The van der Waals surface area contributed by atoms with E-state index in [1.807, 2.05) is 0 Å². The molecule has 0 spiro atoms. The van der Waals surface area contributed by atoms with Gasteiger partial charge >= 0.3 is 0 Å². The van der Waals surface area contributed by atoms with E-state index in [0.717, 1.165) is 0 Å². The number of rotatable bonds is 4. The summed E-state index contributed by atoms with van der Waals surface area (Å²) >= 11 is 0. The summed E-state index contributed by atoms with van der Waals surface area (Å²) in [4.78, 5) is 13.1. The number of ether oxygens (including phenoxy) is 5. The number of aromatic hydroxyl groups is 1. The second-order valence-electron chi connectivity index (χ2n) is 5.72. The van der Waals surface area contributed by atoms with Gasteiger partial charge < -0.3 is 33.2 Å². The van der Waals surface area contributed by atoms with Gasteiger partial charge in [0.05, 0.1) is 32.3 Å². The molecule has 2 aromatic carbocycles. The highest BCUT2D eigenvalue weighted by Crippen LogP contribution is 2.52. The van der Waals surface area contributed by atoms with Crippen molar-refractivity contribution in [3.05, 3.63) is 34.7 Å². The number of hydrogen-bond donors (Lipinski definition) is 1. The molecule has 0 atom stereocenters. The molecule has 3 aromatic rings. The van der Waals surface area contributed by atoms with Crippen LogP contribution in [-0.4, -0.2) is 33.2 Å². The maximum atomic E-state index is 13.1. The average Bonchev–Trinajstić information content (AvgIpc) is 3.16. The van der Waals surface area contributed by atoms with Crippen molar-refractivity contribution in [3.8, 4) is 45.6 Å². The minimum absolute atomic E-state index is 0.0221. The van der Waals surface area contributed by atoms with Gasteiger partial charge in [-0.3, -0.25) is 4.79 Å². The van der Waals surface area contributed by atoms with Crippen LogP contribution in [0.25, 0.3) is 22.1 Å². The van der Waals surface area contributed by atoms with E-state index in [0.29, 0.717) is 28.6 Å². The molecule has 1 aromatic heterocycles. The molecular weight excluding hydrogens is 356 g/mol. The van der Waals surface area contributed by atoms with Crippen molar-refractivity contribution in [3.63, 3.8) is 0 Å². The fourth-order valence-electron chi connectivity index (χ4n) is 3.06. The highest BCUT2D eigenvalue weighted by molar-refractivity contribution is 5.87. The lowest BCUT2D eigenvalue weighted by Crippen LogP contribution is -2.06. The van der Waals surface area contributed by atoms with E-state index in [-0.39, 0.29) is 40.3 Å². The minimum Gasteiger partial charge on any atom is -0.504 e. The number of phenols is 1. The molecule has 2 heterocycles. The summed E-state index contributed by atoms with van der Waals surface area (Å²) in [6.07, 6.45) is 1.30. The molecule has 8 heteroatoms. The Morgan fingerprint density at radius 3 is 2.37 bits per heavy atom. The first-order valence-electron chi connectivity index (χ1n) is 7.96. The molecule has 4 rings (SSSR count). The van der Waals surface area contributed by atoms with Gasteiger partial charge in [-0.2, -0.15) is 0 Å². The van der Waals surface area contributed by atoms with Gasteiger partial charge in [-0.15, -0.1) is 0 Å². The molecule has 0 bridgehead atoms. The second kappa shape index (κ2) is 6.31. The summed E-state index contributed by atoms with van der Waals surface area (Å²) in [5, 5.41) is 10.1. The molecule has 0 saturated heterocycles. The minimum atomic E-state index is -0.325. The average molecular weight is 372 g/mol. The van der Waals surface area contributed by atoms with Crippen LogP contribution in [0.1, 0.15) is 0 Å². The number of fused-ring (bicyclic) bond motifs is 2. The van der Waals surface area contributed by atoms with E-state index in [2.05, 4.69) is 0 Å². The monoisotopic (exact) mass is 372 g/mol. The van der Waals surface area contributed by atoms with Crippen LogP contribution >= 0.6 is 0 Å². The van der Waals surface area contributed by atoms with Crippen molar-refractivity contribution in [2.24, 2.45) is 0 Å². The molecule has 0 aliphatic carbocycles. The Bertz CT molecular complexity index is 1100. The summed E-state index contributed by atoms with van der Waals surface area (Å²) in [5.74, 6) is 1.55. The Hall–Kier alpha value is -3.55. The van der Waals surface area contributed by atoms with Crippen molar-refractivity contribution >= 4 is 11.0 Å². The molecule has 8 nitrogen and oxygen atoms in total. The first kappa shape index (κ1) is 16.9. The number of benzene rings is 2. The molecule has 0 fully saturated rings. The predicted molar refractivity (Wildman–Crippen MR) is 95.4 cm³/mol. The number of phenolic OH excluding ortho intramolecular Hbond substituents is 1. The second-order valence-corrected chi connectivity index (χ2v) is 5.72. The van der Waals surface area contributed by atoms with Gasteiger partial charge in [0.2, 0.25) is 23.7 Å². The standard InChI is InChI=1S/C19H16O8/c1-22-14-5-10-13(6-12(14)20)25-7-11(16(10)21)9-4-15(23-2)18-19(17(9)24-3)27-8-26-18/h4-7,20H,8H2,1-3H3. The fourth-order valence-corrected chi connectivity index (χ4v) is 3.06. The zero-order chi connectivity index (χ0) is 19.1. The smallest absolute Gasteiger partial charge is 0.231 e. The third-order valence-corrected chi connectivity index (χ3v) is 4.35. The van der Waals surface area contributed by atoms with Gasteiger partial charge in [0.1, 0.15) is 11.8 Å². The molecule has 0 saturated carbocycles. The molecule has 0 amide bonds. The topological polar surface area (TPSA) is 96.6 Å². The zero-order valence-corrected chi connectivity index (χ0v) is 14.8. The third kappa shape index (κ3) is 2.49. The summed E-state index contributed by atoms with van der Waals surface area (Å²) < 4.78 is 32.4. The normalized spacial score (nSPS) is 12.3. The first-order chi connectivity index (χ1) is 13.1. The van der Waals surface area contributed by atoms with Crippen LogP contribution in [0.15, 0.2) is 33.7 Å². The highest BCUT2D eigenvalue weighted by Gasteiger charge is 2.29. The predicted octanol–water partition coefficient (Wildman–Crippen LogP) is 2.92. The zero-order valence-electron chi connectivity index (χ0n) is 14.8. The molecular formula is C19H16O8. The van der Waals surface area contributed by atoms with E-state index in [4.69, 9.17) is 28.1 Å². The summed E-state index contributed by atoms with van der Waals surface area (Å²) in [7, 11) is 4.36. The van der Waals surface area contributed by atoms with Gasteiger partial charge in [-0.1, -0.05) is 0 Å². The summed E-state index contributed by atoms with van der Waals surface area (Å²) in [6.45, 7) is 0.0221. The van der Waals surface area contributed by atoms with Crippen molar-refractivity contribution in [1.82, 2.24) is 0 Å². The summed E-state index contributed by atoms with van der Waals surface area (Å²) in [5.41, 5.74) is 0.576. The lowest BCUT2D eigenvalue weighted by Gasteiger charge is -2.14. The SMILES string of the molecule is COc1cc2c(=O)c(-c3cc(OC)c4c(c3OC)OCO4)coc2cc1O. The maximum Gasteiger partial charge on any atom is 0.231 e. The van der Waals surface area contributed by atoms with Crippen LogP contribution in [0.5, 0.6) is 34.5 Å². The van der Waals surface area contributed by atoms with E-state index in [1.165, 1.54) is 39.7 Å². The maximum absolute atomic E-state index is 13.1. The lowest BCUT2D eigenvalue weighted by molar-refractivity contribution is 0.168. The lowest BCUT2D eigenvalue weighted by atomic mass is 10.0. The van der Waals surface area contributed by atoms with Crippen molar-refractivity contribution < 1.29 is 33.2 Å². The Morgan fingerprint density at radius 1 is 0.926 bits per heavy atom. The molecule has 1 aliphatic heterocycles. The number of methoxy groups -OCH3 is 3. The molecule has 1 N–H and O–H groups in total. The Balaban J connectivity index is 2.02. The van der Waals surface area contributed by atoms with Gasteiger partial charge in [0.25, 0.3) is 0 Å². The van der Waals surface area contributed by atoms with E-state index in [9.17, 15) is 9.90 Å². The van der Waals surface area contributed by atoms with Crippen molar-refractivity contribution in [2.45, 2.75) is 0 Å². The fraction of sp³-hybridized carbons (Fsp3) is 0.211. The third-order valence-electron chi connectivity index (χ3n) is 4.35.